The number of aryl methyl sites for hydroxylation is 2. The summed E-state index contributed by atoms with van der Waals surface area (Å²) in [5, 5.41) is 3.90. The quantitative estimate of drug-likeness (QED) is 0.872. The molecule has 0 saturated carbocycles. The topological polar surface area (TPSA) is 51.8 Å². The van der Waals surface area contributed by atoms with E-state index in [2.05, 4.69) is 9.59 Å². The van der Waals surface area contributed by atoms with Gasteiger partial charge in [0.25, 0.3) is 0 Å². The lowest BCUT2D eigenvalue weighted by Crippen LogP contribution is -2.12. The normalized spacial score (nSPS) is 12.8. The van der Waals surface area contributed by atoms with E-state index in [-0.39, 0.29) is 11.9 Å². The minimum absolute atomic E-state index is 0.233. The molecule has 16 heavy (non-hydrogen) atoms. The van der Waals surface area contributed by atoms with Crippen LogP contribution in [0, 0.1) is 19.7 Å². The van der Waals surface area contributed by atoms with Gasteiger partial charge >= 0.3 is 0 Å². The fraction of sp³-hybridized carbons (Fsp3) is 0.273. The van der Waals surface area contributed by atoms with Crippen molar-refractivity contribution in [3.05, 3.63) is 45.7 Å². The zero-order valence-electron chi connectivity index (χ0n) is 9.07. The third-order valence-electron chi connectivity index (χ3n) is 2.52. The van der Waals surface area contributed by atoms with Gasteiger partial charge in [-0.25, -0.2) is 4.39 Å². The molecule has 0 bridgehead atoms. The molecule has 2 aromatic rings. The van der Waals surface area contributed by atoms with Crippen LogP contribution in [-0.4, -0.2) is 9.59 Å². The molecule has 0 aliphatic rings. The molecular weight excluding hydrogens is 225 g/mol. The van der Waals surface area contributed by atoms with E-state index in [4.69, 9.17) is 5.73 Å². The lowest BCUT2D eigenvalue weighted by atomic mass is 10.0. The third kappa shape index (κ3) is 1.96. The van der Waals surface area contributed by atoms with Crippen molar-refractivity contribution in [2.45, 2.75) is 19.9 Å². The number of nitrogens with zero attached hydrogens (tertiary/aromatic N) is 2. The predicted octanol–water partition coefficient (Wildman–Crippen LogP) is 2.34. The molecule has 0 fully saturated rings. The molecule has 1 aromatic heterocycles. The second-order valence-electron chi connectivity index (χ2n) is 3.71. The molecule has 2 N–H and O–H groups in total. The number of benzene rings is 1. The predicted molar refractivity (Wildman–Crippen MR) is 61.8 cm³/mol. The lowest BCUT2D eigenvalue weighted by Gasteiger charge is -2.10. The van der Waals surface area contributed by atoms with Crippen molar-refractivity contribution >= 4 is 11.5 Å². The summed E-state index contributed by atoms with van der Waals surface area (Å²) in [4.78, 5) is 0.878. The Labute approximate surface area is 97.3 Å². The van der Waals surface area contributed by atoms with Gasteiger partial charge in [0, 0.05) is 0 Å². The molecule has 5 heteroatoms. The molecule has 1 unspecified atom stereocenters. The van der Waals surface area contributed by atoms with E-state index >= 15 is 0 Å². The van der Waals surface area contributed by atoms with Gasteiger partial charge in [-0.15, -0.1) is 5.10 Å². The van der Waals surface area contributed by atoms with Crippen molar-refractivity contribution in [1.82, 2.24) is 9.59 Å². The molecular formula is C11H12FN3S. The highest BCUT2D eigenvalue weighted by Gasteiger charge is 2.15. The summed E-state index contributed by atoms with van der Waals surface area (Å²) in [5.41, 5.74) is 8.22. The summed E-state index contributed by atoms with van der Waals surface area (Å²) < 4.78 is 17.2. The van der Waals surface area contributed by atoms with Gasteiger partial charge < -0.3 is 5.73 Å². The average molecular weight is 237 g/mol. The highest BCUT2D eigenvalue weighted by Crippen LogP contribution is 2.25. The van der Waals surface area contributed by atoms with Gasteiger partial charge in [0.1, 0.15) is 5.82 Å². The Morgan fingerprint density at radius 2 is 2.12 bits per heavy atom. The first-order chi connectivity index (χ1) is 7.59. The van der Waals surface area contributed by atoms with Gasteiger partial charge in [0.15, 0.2) is 0 Å². The van der Waals surface area contributed by atoms with Crippen LogP contribution in [0.1, 0.15) is 27.7 Å². The molecule has 2 rings (SSSR count). The number of rotatable bonds is 2. The van der Waals surface area contributed by atoms with Gasteiger partial charge in [-0.2, -0.15) is 0 Å². The van der Waals surface area contributed by atoms with Crippen LogP contribution in [0.4, 0.5) is 4.39 Å². The highest BCUT2D eigenvalue weighted by molar-refractivity contribution is 7.05. The van der Waals surface area contributed by atoms with Crippen LogP contribution in [0.2, 0.25) is 0 Å². The van der Waals surface area contributed by atoms with Crippen LogP contribution in [0.5, 0.6) is 0 Å². The van der Waals surface area contributed by atoms with E-state index < -0.39 is 0 Å². The molecule has 0 radical (unpaired) electrons. The number of hydrogen-bond acceptors (Lipinski definition) is 4. The summed E-state index contributed by atoms with van der Waals surface area (Å²) in [6, 6.07) is 4.69. The zero-order chi connectivity index (χ0) is 11.7. The molecule has 1 heterocycles. The van der Waals surface area contributed by atoms with E-state index in [1.165, 1.54) is 17.6 Å². The average Bonchev–Trinajstić information content (AvgIpc) is 2.67. The van der Waals surface area contributed by atoms with Gasteiger partial charge in [-0.3, -0.25) is 0 Å². The number of hydrogen-bond donors (Lipinski definition) is 1. The Balaban J connectivity index is 2.38. The summed E-state index contributed by atoms with van der Waals surface area (Å²) in [5.74, 6) is -0.233. The van der Waals surface area contributed by atoms with Crippen LogP contribution >= 0.6 is 11.5 Å². The van der Waals surface area contributed by atoms with Crippen molar-refractivity contribution in [3.63, 3.8) is 0 Å². The number of aromatic nitrogens is 2. The largest absolute Gasteiger partial charge is 0.319 e. The molecule has 84 valence electrons. The monoisotopic (exact) mass is 237 g/mol. The first kappa shape index (κ1) is 11.2. The van der Waals surface area contributed by atoms with Crippen molar-refractivity contribution < 1.29 is 4.39 Å². The standard InChI is InChI=1S/C11H12FN3S/c1-6-3-4-8(5-9(6)12)10(13)11-7(2)14-15-16-11/h3-5,10H,13H2,1-2H3. The molecule has 0 spiro atoms. The van der Waals surface area contributed by atoms with Crippen molar-refractivity contribution in [2.24, 2.45) is 5.73 Å². The molecule has 0 amide bonds. The Hall–Kier alpha value is -1.33. The smallest absolute Gasteiger partial charge is 0.126 e. The van der Waals surface area contributed by atoms with E-state index in [9.17, 15) is 4.39 Å². The zero-order valence-corrected chi connectivity index (χ0v) is 9.88. The van der Waals surface area contributed by atoms with Crippen LogP contribution in [-0.2, 0) is 0 Å². The first-order valence-electron chi connectivity index (χ1n) is 4.90. The second-order valence-corrected chi connectivity index (χ2v) is 4.49. The molecule has 1 aromatic carbocycles. The Kier molecular flexibility index (Phi) is 2.98. The SMILES string of the molecule is Cc1ccc(C(N)c2snnc2C)cc1F. The van der Waals surface area contributed by atoms with E-state index in [1.54, 1.807) is 13.0 Å². The fourth-order valence-electron chi connectivity index (χ4n) is 1.48. The number of halogens is 1. The van der Waals surface area contributed by atoms with E-state index in [1.807, 2.05) is 13.0 Å². The van der Waals surface area contributed by atoms with Crippen molar-refractivity contribution in [2.75, 3.05) is 0 Å². The van der Waals surface area contributed by atoms with Crippen LogP contribution in [0.25, 0.3) is 0 Å². The Morgan fingerprint density at radius 1 is 1.38 bits per heavy atom. The summed E-state index contributed by atoms with van der Waals surface area (Å²) in [6.07, 6.45) is 0. The third-order valence-corrected chi connectivity index (χ3v) is 3.43. The molecule has 0 aliphatic heterocycles. The van der Waals surface area contributed by atoms with E-state index in [0.29, 0.717) is 5.56 Å². The summed E-state index contributed by atoms with van der Waals surface area (Å²) >= 11 is 1.25. The second kappa shape index (κ2) is 4.27. The Bertz CT molecular complexity index is 510. The van der Waals surface area contributed by atoms with Crippen LogP contribution in [0.15, 0.2) is 18.2 Å². The van der Waals surface area contributed by atoms with Crippen molar-refractivity contribution in [1.29, 1.82) is 0 Å². The van der Waals surface area contributed by atoms with Crippen LogP contribution < -0.4 is 5.73 Å². The summed E-state index contributed by atoms with van der Waals surface area (Å²) in [6.45, 7) is 3.58. The van der Waals surface area contributed by atoms with Gasteiger partial charge in [0.2, 0.25) is 0 Å². The van der Waals surface area contributed by atoms with E-state index in [0.717, 1.165) is 16.1 Å². The van der Waals surface area contributed by atoms with Crippen LogP contribution in [0.3, 0.4) is 0 Å². The lowest BCUT2D eigenvalue weighted by molar-refractivity contribution is 0.614. The van der Waals surface area contributed by atoms with Gasteiger partial charge in [-0.1, -0.05) is 16.6 Å². The van der Waals surface area contributed by atoms with Gasteiger partial charge in [0.05, 0.1) is 16.6 Å². The number of nitrogens with two attached hydrogens (primary N) is 1. The molecule has 0 saturated heterocycles. The van der Waals surface area contributed by atoms with Gasteiger partial charge in [-0.05, 0) is 42.6 Å². The first-order valence-corrected chi connectivity index (χ1v) is 5.67. The maximum absolute atomic E-state index is 13.4. The Morgan fingerprint density at radius 3 is 2.69 bits per heavy atom. The minimum atomic E-state index is -0.352. The molecule has 0 aliphatic carbocycles. The molecule has 3 nitrogen and oxygen atoms in total. The maximum Gasteiger partial charge on any atom is 0.126 e. The minimum Gasteiger partial charge on any atom is -0.319 e. The summed E-state index contributed by atoms with van der Waals surface area (Å²) in [7, 11) is 0. The van der Waals surface area contributed by atoms with Crippen molar-refractivity contribution in [3.8, 4) is 0 Å². The molecule has 1 atom stereocenters. The maximum atomic E-state index is 13.4. The highest BCUT2D eigenvalue weighted by atomic mass is 32.1. The fourth-order valence-corrected chi connectivity index (χ4v) is 2.15.